The number of nitrogens with two attached hydrogens (primary N) is 2. The van der Waals surface area contributed by atoms with Crippen LogP contribution in [0.25, 0.3) is 0 Å². The molecule has 16 heavy (non-hydrogen) atoms. The van der Waals surface area contributed by atoms with Crippen LogP contribution in [-0.4, -0.2) is 18.0 Å². The number of benzene rings is 1. The summed E-state index contributed by atoms with van der Waals surface area (Å²) in [5, 5.41) is 0.414. The van der Waals surface area contributed by atoms with Gasteiger partial charge in [-0.1, -0.05) is 11.6 Å². The summed E-state index contributed by atoms with van der Waals surface area (Å²) >= 11 is 5.67. The second-order valence-electron chi connectivity index (χ2n) is 3.18. The zero-order valence-electron chi connectivity index (χ0n) is 8.57. The fourth-order valence-corrected chi connectivity index (χ4v) is 1.18. The van der Waals surface area contributed by atoms with Crippen molar-refractivity contribution in [1.82, 2.24) is 0 Å². The Labute approximate surface area is 97.3 Å². The molecule has 0 heterocycles. The van der Waals surface area contributed by atoms with Crippen LogP contribution < -0.4 is 11.5 Å². The summed E-state index contributed by atoms with van der Waals surface area (Å²) in [4.78, 5) is 22.2. The van der Waals surface area contributed by atoms with E-state index in [9.17, 15) is 9.59 Å². The quantitative estimate of drug-likeness (QED) is 0.609. The van der Waals surface area contributed by atoms with Gasteiger partial charge in [0.25, 0.3) is 5.91 Å². The van der Waals surface area contributed by atoms with Crippen LogP contribution in [0.3, 0.4) is 0 Å². The van der Waals surface area contributed by atoms with E-state index < -0.39 is 18.0 Å². The molecule has 0 spiro atoms. The lowest BCUT2D eigenvalue weighted by atomic mass is 10.2. The number of halogens is 1. The molecule has 1 atom stereocenters. The van der Waals surface area contributed by atoms with Gasteiger partial charge in [-0.05, 0) is 25.1 Å². The average molecular weight is 243 g/mol. The molecule has 0 unspecified atom stereocenters. The van der Waals surface area contributed by atoms with Crippen LogP contribution in [-0.2, 0) is 9.53 Å². The minimum Gasteiger partial charge on any atom is -0.449 e. The van der Waals surface area contributed by atoms with Crippen molar-refractivity contribution in [3.05, 3.63) is 28.8 Å². The van der Waals surface area contributed by atoms with Crippen molar-refractivity contribution >= 4 is 29.2 Å². The Bertz CT molecular complexity index is 434. The highest BCUT2D eigenvalue weighted by molar-refractivity contribution is 6.31. The van der Waals surface area contributed by atoms with E-state index >= 15 is 0 Å². The van der Waals surface area contributed by atoms with E-state index in [1.54, 1.807) is 0 Å². The van der Waals surface area contributed by atoms with Crippen molar-refractivity contribution in [2.24, 2.45) is 5.73 Å². The molecule has 86 valence electrons. The van der Waals surface area contributed by atoms with Gasteiger partial charge in [-0.15, -0.1) is 0 Å². The molecule has 6 heteroatoms. The first-order chi connectivity index (χ1) is 7.41. The molecule has 1 rings (SSSR count). The third-order valence-corrected chi connectivity index (χ3v) is 2.15. The molecule has 0 aliphatic rings. The number of primary amides is 1. The van der Waals surface area contributed by atoms with Gasteiger partial charge in [0.15, 0.2) is 6.10 Å². The predicted octanol–water partition coefficient (Wildman–Crippen LogP) is 0.953. The van der Waals surface area contributed by atoms with E-state index in [1.807, 2.05) is 0 Å². The Kier molecular flexibility index (Phi) is 3.73. The zero-order valence-corrected chi connectivity index (χ0v) is 9.32. The van der Waals surface area contributed by atoms with Crippen LogP contribution in [0, 0.1) is 0 Å². The fraction of sp³-hybridized carbons (Fsp3) is 0.200. The lowest BCUT2D eigenvalue weighted by Gasteiger charge is -2.10. The van der Waals surface area contributed by atoms with Gasteiger partial charge < -0.3 is 16.2 Å². The smallest absolute Gasteiger partial charge is 0.341 e. The number of anilines is 1. The van der Waals surface area contributed by atoms with Crippen LogP contribution in [0.5, 0.6) is 0 Å². The molecular weight excluding hydrogens is 232 g/mol. The molecule has 0 radical (unpaired) electrons. The predicted molar refractivity (Wildman–Crippen MR) is 59.9 cm³/mol. The first-order valence-electron chi connectivity index (χ1n) is 4.47. The molecule has 0 saturated heterocycles. The molecule has 0 bridgehead atoms. The largest absolute Gasteiger partial charge is 0.449 e. The van der Waals surface area contributed by atoms with Crippen molar-refractivity contribution in [1.29, 1.82) is 0 Å². The number of rotatable bonds is 3. The molecule has 0 fully saturated rings. The summed E-state index contributed by atoms with van der Waals surface area (Å²) in [5.41, 5.74) is 10.9. The Morgan fingerprint density at radius 2 is 2.06 bits per heavy atom. The van der Waals surface area contributed by atoms with Gasteiger partial charge in [-0.2, -0.15) is 0 Å². The maximum absolute atomic E-state index is 11.5. The molecule has 0 aliphatic heterocycles. The molecule has 4 N–H and O–H groups in total. The topological polar surface area (TPSA) is 95.4 Å². The Hall–Kier alpha value is -1.75. The molecular formula is C10H11ClN2O3. The van der Waals surface area contributed by atoms with Gasteiger partial charge in [-0.3, -0.25) is 4.79 Å². The van der Waals surface area contributed by atoms with Gasteiger partial charge in [0.2, 0.25) is 0 Å². The Morgan fingerprint density at radius 3 is 2.56 bits per heavy atom. The molecule has 1 aromatic carbocycles. The molecule has 5 nitrogen and oxygen atoms in total. The Balaban J connectivity index is 2.85. The number of carbonyl (C=O) groups is 2. The van der Waals surface area contributed by atoms with Crippen LogP contribution in [0.4, 0.5) is 5.69 Å². The van der Waals surface area contributed by atoms with E-state index in [-0.39, 0.29) is 11.3 Å². The second kappa shape index (κ2) is 4.85. The van der Waals surface area contributed by atoms with Crippen molar-refractivity contribution in [2.75, 3.05) is 5.73 Å². The Morgan fingerprint density at radius 1 is 1.44 bits per heavy atom. The van der Waals surface area contributed by atoms with Crippen LogP contribution in [0.1, 0.15) is 17.3 Å². The SMILES string of the molecule is C[C@H](OC(=O)c1ccc(Cl)cc1N)C(N)=O. The summed E-state index contributed by atoms with van der Waals surface area (Å²) in [7, 11) is 0. The number of nitrogen functional groups attached to an aromatic ring is 1. The summed E-state index contributed by atoms with van der Waals surface area (Å²) in [6.07, 6.45) is -0.998. The number of hydrogen-bond acceptors (Lipinski definition) is 4. The average Bonchev–Trinajstić information content (AvgIpc) is 2.16. The van der Waals surface area contributed by atoms with Crippen LogP contribution >= 0.6 is 11.6 Å². The van der Waals surface area contributed by atoms with E-state index in [4.69, 9.17) is 27.8 Å². The minimum atomic E-state index is -0.998. The van der Waals surface area contributed by atoms with Crippen molar-refractivity contribution < 1.29 is 14.3 Å². The van der Waals surface area contributed by atoms with Gasteiger partial charge in [0.05, 0.1) is 5.56 Å². The molecule has 1 aromatic rings. The van der Waals surface area contributed by atoms with Crippen LogP contribution in [0.2, 0.25) is 5.02 Å². The first kappa shape index (κ1) is 12.3. The van der Waals surface area contributed by atoms with Gasteiger partial charge in [0, 0.05) is 10.7 Å². The normalized spacial score (nSPS) is 11.9. The number of hydrogen-bond donors (Lipinski definition) is 2. The highest BCUT2D eigenvalue weighted by Gasteiger charge is 2.17. The van der Waals surface area contributed by atoms with Crippen molar-refractivity contribution in [3.63, 3.8) is 0 Å². The third-order valence-electron chi connectivity index (χ3n) is 1.92. The fourth-order valence-electron chi connectivity index (χ4n) is 1.00. The summed E-state index contributed by atoms with van der Waals surface area (Å²) < 4.78 is 4.78. The van der Waals surface area contributed by atoms with Crippen molar-refractivity contribution in [3.8, 4) is 0 Å². The molecule has 0 saturated carbocycles. The lowest BCUT2D eigenvalue weighted by molar-refractivity contribution is -0.125. The summed E-state index contributed by atoms with van der Waals surface area (Å²) in [6.45, 7) is 1.38. The number of ether oxygens (including phenoxy) is 1. The zero-order chi connectivity index (χ0) is 12.3. The maximum Gasteiger partial charge on any atom is 0.341 e. The van der Waals surface area contributed by atoms with E-state index in [0.29, 0.717) is 5.02 Å². The minimum absolute atomic E-state index is 0.150. The van der Waals surface area contributed by atoms with E-state index in [1.165, 1.54) is 25.1 Å². The molecule has 0 aliphatic carbocycles. The van der Waals surface area contributed by atoms with E-state index in [0.717, 1.165) is 0 Å². The lowest BCUT2D eigenvalue weighted by Crippen LogP contribution is -2.30. The van der Waals surface area contributed by atoms with Gasteiger partial charge in [0.1, 0.15) is 0 Å². The molecule has 1 amide bonds. The highest BCUT2D eigenvalue weighted by Crippen LogP contribution is 2.19. The third kappa shape index (κ3) is 2.87. The van der Waals surface area contributed by atoms with Crippen LogP contribution in [0.15, 0.2) is 18.2 Å². The summed E-state index contributed by atoms with van der Waals surface area (Å²) in [5.74, 6) is -1.43. The second-order valence-corrected chi connectivity index (χ2v) is 3.62. The number of esters is 1. The maximum atomic E-state index is 11.5. The van der Waals surface area contributed by atoms with Crippen molar-refractivity contribution in [2.45, 2.75) is 13.0 Å². The number of amides is 1. The standard InChI is InChI=1S/C10H11ClN2O3/c1-5(9(13)14)16-10(15)7-3-2-6(11)4-8(7)12/h2-5H,12H2,1H3,(H2,13,14)/t5-/m0/s1. The molecule has 0 aromatic heterocycles. The summed E-state index contributed by atoms with van der Waals surface area (Å²) in [6, 6.07) is 4.35. The number of carbonyl (C=O) groups excluding carboxylic acids is 2. The van der Waals surface area contributed by atoms with E-state index in [2.05, 4.69) is 0 Å². The van der Waals surface area contributed by atoms with Gasteiger partial charge >= 0.3 is 5.97 Å². The monoisotopic (exact) mass is 242 g/mol. The highest BCUT2D eigenvalue weighted by atomic mass is 35.5. The van der Waals surface area contributed by atoms with Gasteiger partial charge in [-0.25, -0.2) is 4.79 Å². The first-order valence-corrected chi connectivity index (χ1v) is 4.85.